The minimum atomic E-state index is -1.14. The smallest absolute Gasteiger partial charge is 0.550 e. The van der Waals surface area contributed by atoms with Gasteiger partial charge in [-0.05, 0) is 24.0 Å². The summed E-state index contributed by atoms with van der Waals surface area (Å²) >= 11 is 0. The summed E-state index contributed by atoms with van der Waals surface area (Å²) in [6, 6.07) is 7.74. The number of benzene rings is 1. The number of carboxylic acids is 1. The van der Waals surface area contributed by atoms with E-state index in [0.717, 1.165) is 16.9 Å². The predicted molar refractivity (Wildman–Crippen MR) is 82.9 cm³/mol. The van der Waals surface area contributed by atoms with E-state index in [9.17, 15) is 14.7 Å². The number of hydrogen-bond acceptors (Lipinski definition) is 4. The molecule has 3 rings (SSSR count). The van der Waals surface area contributed by atoms with Crippen molar-refractivity contribution in [2.75, 3.05) is 0 Å². The largest absolute Gasteiger partial charge is 1.00 e. The summed E-state index contributed by atoms with van der Waals surface area (Å²) in [5.74, 6) is -1.86. The second-order valence-electron chi connectivity index (χ2n) is 6.38. The number of aryl methyl sites for hydroxylation is 1. The van der Waals surface area contributed by atoms with Crippen LogP contribution in [0.5, 0.6) is 0 Å². The van der Waals surface area contributed by atoms with E-state index >= 15 is 0 Å². The molecule has 2 aromatic rings. The third-order valence-electron chi connectivity index (χ3n) is 5.22. The molecule has 6 nitrogen and oxygen atoms in total. The van der Waals surface area contributed by atoms with E-state index < -0.39 is 17.8 Å². The number of rotatable bonds is 4. The summed E-state index contributed by atoms with van der Waals surface area (Å²) in [6.07, 6.45) is 0. The molecule has 7 heteroatoms. The Labute approximate surface area is 162 Å². The fourth-order valence-corrected chi connectivity index (χ4v) is 3.56. The molecule has 1 aromatic carbocycles. The van der Waals surface area contributed by atoms with Crippen molar-refractivity contribution >= 4 is 22.9 Å². The monoisotopic (exact) mass is 337 g/mol. The number of imidazole rings is 1. The number of aliphatic carboxylic acids is 1. The van der Waals surface area contributed by atoms with Crippen molar-refractivity contribution in [2.45, 2.75) is 20.4 Å². The van der Waals surface area contributed by atoms with Crippen LogP contribution in [-0.2, 0) is 23.2 Å². The maximum Gasteiger partial charge on any atom is 1.00 e. The van der Waals surface area contributed by atoms with Crippen LogP contribution in [0, 0.1) is 23.7 Å². The molecule has 24 heavy (non-hydrogen) atoms. The van der Waals surface area contributed by atoms with E-state index in [1.807, 2.05) is 49.7 Å². The minimum Gasteiger partial charge on any atom is -0.550 e. The molecule has 1 saturated carbocycles. The van der Waals surface area contributed by atoms with Crippen LogP contribution in [0.3, 0.4) is 0 Å². The van der Waals surface area contributed by atoms with Crippen LogP contribution in [0.15, 0.2) is 24.3 Å². The van der Waals surface area contributed by atoms with Crippen LogP contribution < -0.4 is 40.0 Å². The summed E-state index contributed by atoms with van der Waals surface area (Å²) < 4.78 is 1.93. The zero-order chi connectivity index (χ0) is 16.7. The summed E-state index contributed by atoms with van der Waals surface area (Å²) in [6.45, 7) is 4.03. The molecular formula is C17H20N3NaO3. The van der Waals surface area contributed by atoms with Gasteiger partial charge in [0.1, 0.15) is 5.82 Å². The van der Waals surface area contributed by atoms with E-state index in [2.05, 4.69) is 10.3 Å². The van der Waals surface area contributed by atoms with Crippen molar-refractivity contribution in [3.05, 3.63) is 30.1 Å². The summed E-state index contributed by atoms with van der Waals surface area (Å²) in [5.41, 5.74) is 1.87. The third kappa shape index (κ3) is 3.10. The van der Waals surface area contributed by atoms with Gasteiger partial charge in [-0.1, -0.05) is 26.0 Å². The maximum atomic E-state index is 12.4. The van der Waals surface area contributed by atoms with E-state index in [1.165, 1.54) is 0 Å². The molecule has 1 N–H and O–H groups in total. The second kappa shape index (κ2) is 7.25. The van der Waals surface area contributed by atoms with E-state index in [4.69, 9.17) is 0 Å². The van der Waals surface area contributed by atoms with Gasteiger partial charge in [-0.2, -0.15) is 0 Å². The number of fused-ring (bicyclic) bond motifs is 1. The van der Waals surface area contributed by atoms with Crippen molar-refractivity contribution in [3.63, 3.8) is 0 Å². The van der Waals surface area contributed by atoms with Gasteiger partial charge in [0, 0.05) is 24.9 Å². The Morgan fingerprint density at radius 1 is 1.21 bits per heavy atom. The molecule has 0 bridgehead atoms. The Morgan fingerprint density at radius 2 is 1.83 bits per heavy atom. The van der Waals surface area contributed by atoms with Gasteiger partial charge < -0.3 is 19.8 Å². The average molecular weight is 337 g/mol. The van der Waals surface area contributed by atoms with E-state index in [-0.39, 0.29) is 53.8 Å². The van der Waals surface area contributed by atoms with Gasteiger partial charge in [-0.3, -0.25) is 4.79 Å². The fourth-order valence-electron chi connectivity index (χ4n) is 3.56. The van der Waals surface area contributed by atoms with Crippen LogP contribution in [-0.4, -0.2) is 21.4 Å². The van der Waals surface area contributed by atoms with Gasteiger partial charge in [0.25, 0.3) is 0 Å². The normalized spacial score (nSPS) is 25.6. The Bertz CT molecular complexity index is 774. The molecule has 0 radical (unpaired) electrons. The molecule has 0 aliphatic heterocycles. The van der Waals surface area contributed by atoms with Crippen LogP contribution in [0.25, 0.3) is 11.0 Å². The quantitative estimate of drug-likeness (QED) is 0.623. The Hall–Kier alpha value is -1.37. The van der Waals surface area contributed by atoms with Gasteiger partial charge >= 0.3 is 29.6 Å². The molecule has 1 fully saturated rings. The minimum absolute atomic E-state index is 0. The molecule has 2 unspecified atom stereocenters. The van der Waals surface area contributed by atoms with Crippen molar-refractivity contribution < 1.29 is 44.3 Å². The van der Waals surface area contributed by atoms with Crippen LogP contribution in [0.4, 0.5) is 0 Å². The van der Waals surface area contributed by atoms with Gasteiger partial charge in [-0.25, -0.2) is 4.98 Å². The van der Waals surface area contributed by atoms with Gasteiger partial charge in [0.2, 0.25) is 5.91 Å². The number of amides is 1. The zero-order valence-corrected chi connectivity index (χ0v) is 16.4. The zero-order valence-electron chi connectivity index (χ0n) is 14.4. The first-order valence-corrected chi connectivity index (χ1v) is 7.80. The standard InChI is InChI=1S/C17H21N3O3.Na/c1-9-10(2)15(17(22)23)14(9)16(21)18-8-13-19-11-6-4-5-7-12(11)20(13)3;/h4-7,9-10,14-15H,8H2,1-3H3,(H,18,21)(H,22,23);/q;+1/p-1/t9?,10?,14-,15+;/m0./s1. The van der Waals surface area contributed by atoms with E-state index in [1.54, 1.807) is 0 Å². The SMILES string of the molecule is CC1C(C)[C@H](C(=O)NCc2nc3ccccc3n2C)[C@@H]1C(=O)[O-].[Na+]. The van der Waals surface area contributed by atoms with Crippen LogP contribution >= 0.6 is 0 Å². The number of aromatic nitrogens is 2. The first-order chi connectivity index (χ1) is 10.9. The van der Waals surface area contributed by atoms with Crippen molar-refractivity contribution in [1.82, 2.24) is 14.9 Å². The van der Waals surface area contributed by atoms with E-state index in [0.29, 0.717) is 0 Å². The Balaban J connectivity index is 0.00000208. The predicted octanol–water partition coefficient (Wildman–Crippen LogP) is -2.54. The van der Waals surface area contributed by atoms with Gasteiger partial charge in [0.05, 0.1) is 17.6 Å². The first-order valence-electron chi connectivity index (χ1n) is 7.80. The van der Waals surface area contributed by atoms with Crippen molar-refractivity contribution in [3.8, 4) is 0 Å². The number of carbonyl (C=O) groups excluding carboxylic acids is 2. The molecule has 122 valence electrons. The number of carbonyl (C=O) groups is 2. The molecule has 1 heterocycles. The molecule has 1 aliphatic carbocycles. The summed E-state index contributed by atoms with van der Waals surface area (Å²) in [5, 5.41) is 14.0. The number of para-hydroxylation sites is 2. The molecule has 1 aromatic heterocycles. The van der Waals surface area contributed by atoms with Gasteiger partial charge in [-0.15, -0.1) is 0 Å². The Morgan fingerprint density at radius 3 is 2.46 bits per heavy atom. The molecule has 4 atom stereocenters. The maximum absolute atomic E-state index is 12.4. The molecule has 1 amide bonds. The van der Waals surface area contributed by atoms with Crippen LogP contribution in [0.2, 0.25) is 0 Å². The first kappa shape index (κ1) is 19.0. The molecular weight excluding hydrogens is 317 g/mol. The topological polar surface area (TPSA) is 87.0 Å². The second-order valence-corrected chi connectivity index (χ2v) is 6.38. The van der Waals surface area contributed by atoms with Crippen LogP contribution in [0.1, 0.15) is 19.7 Å². The number of carboxylic acid groups (broad SMARTS) is 1. The van der Waals surface area contributed by atoms with Crippen molar-refractivity contribution in [2.24, 2.45) is 30.7 Å². The van der Waals surface area contributed by atoms with Crippen molar-refractivity contribution in [1.29, 1.82) is 0 Å². The molecule has 0 spiro atoms. The molecule has 0 saturated heterocycles. The van der Waals surface area contributed by atoms with Gasteiger partial charge in [0.15, 0.2) is 0 Å². The number of hydrogen-bond donors (Lipinski definition) is 1. The number of nitrogens with one attached hydrogen (secondary N) is 1. The third-order valence-corrected chi connectivity index (χ3v) is 5.22. The fraction of sp³-hybridized carbons (Fsp3) is 0.471. The summed E-state index contributed by atoms with van der Waals surface area (Å²) in [7, 11) is 1.90. The number of nitrogens with zero attached hydrogens (tertiary/aromatic N) is 2. The molecule has 1 aliphatic rings. The average Bonchev–Trinajstić information content (AvgIpc) is 2.85. The summed E-state index contributed by atoms with van der Waals surface area (Å²) in [4.78, 5) is 28.0. The Kier molecular flexibility index (Phi) is 5.73.